The molecule has 0 bridgehead atoms. The molecule has 3 rings (SSSR count). The predicted molar refractivity (Wildman–Crippen MR) is 93.0 cm³/mol. The Labute approximate surface area is 139 Å². The molecular formula is C19H26N4. The highest BCUT2D eigenvalue weighted by molar-refractivity contribution is 5.16. The molecule has 0 aromatic carbocycles. The Morgan fingerprint density at radius 3 is 1.91 bits per heavy atom. The van der Waals surface area contributed by atoms with Crippen LogP contribution < -0.4 is 0 Å². The van der Waals surface area contributed by atoms with Crippen molar-refractivity contribution in [1.29, 1.82) is 0 Å². The van der Waals surface area contributed by atoms with Gasteiger partial charge in [0.1, 0.15) is 0 Å². The fourth-order valence-electron chi connectivity index (χ4n) is 3.41. The number of aromatic nitrogens is 2. The second-order valence-electron chi connectivity index (χ2n) is 7.30. The topological polar surface area (TPSA) is 32.3 Å². The average Bonchev–Trinajstić information content (AvgIpc) is 2.55. The maximum absolute atomic E-state index is 4.61. The smallest absolute Gasteiger partial charge is 0.0654 e. The van der Waals surface area contributed by atoms with Crippen molar-refractivity contribution < 1.29 is 0 Å². The Bertz CT molecular complexity index is 621. The number of pyridine rings is 2. The summed E-state index contributed by atoms with van der Waals surface area (Å²) in [6, 6.07) is 13.0. The molecule has 122 valence electrons. The molecule has 2 unspecified atom stereocenters. The van der Waals surface area contributed by atoms with Crippen molar-refractivity contribution in [1.82, 2.24) is 19.8 Å². The first-order valence-electron chi connectivity index (χ1n) is 8.25. The molecular weight excluding hydrogens is 284 g/mol. The van der Waals surface area contributed by atoms with Crippen LogP contribution in [-0.2, 0) is 0 Å². The molecule has 1 aliphatic heterocycles. The summed E-state index contributed by atoms with van der Waals surface area (Å²) in [5, 5.41) is 0. The van der Waals surface area contributed by atoms with Gasteiger partial charge in [-0.2, -0.15) is 0 Å². The number of hydrogen-bond acceptors (Lipinski definition) is 4. The lowest BCUT2D eigenvalue weighted by Gasteiger charge is -2.50. The maximum atomic E-state index is 4.61. The zero-order chi connectivity index (χ0) is 16.4. The van der Waals surface area contributed by atoms with Crippen LogP contribution in [0.2, 0.25) is 0 Å². The van der Waals surface area contributed by atoms with Crippen molar-refractivity contribution in [2.24, 2.45) is 0 Å². The van der Waals surface area contributed by atoms with Crippen LogP contribution in [0.1, 0.15) is 44.2 Å². The number of nitrogens with zero attached hydrogens (tertiary/aromatic N) is 4. The fraction of sp³-hybridized carbons (Fsp3) is 0.474. The van der Waals surface area contributed by atoms with E-state index in [0.29, 0.717) is 12.1 Å². The summed E-state index contributed by atoms with van der Waals surface area (Å²) in [5.74, 6) is 0. The third-order valence-corrected chi connectivity index (χ3v) is 4.66. The van der Waals surface area contributed by atoms with E-state index in [0.717, 1.165) is 24.5 Å². The normalized spacial score (nSPS) is 23.8. The first kappa shape index (κ1) is 16.1. The molecule has 0 N–H and O–H groups in total. The van der Waals surface area contributed by atoms with Crippen LogP contribution in [0.4, 0.5) is 0 Å². The molecule has 0 saturated carbocycles. The van der Waals surface area contributed by atoms with E-state index in [1.165, 1.54) is 0 Å². The minimum Gasteiger partial charge on any atom is -0.295 e. The molecule has 1 fully saturated rings. The highest BCUT2D eigenvalue weighted by Gasteiger charge is 2.39. The van der Waals surface area contributed by atoms with Crippen LogP contribution in [0.3, 0.4) is 0 Å². The van der Waals surface area contributed by atoms with E-state index in [1.807, 2.05) is 24.5 Å². The minimum atomic E-state index is 0.0798. The second kappa shape index (κ2) is 6.38. The van der Waals surface area contributed by atoms with Crippen molar-refractivity contribution >= 4 is 0 Å². The molecule has 1 aliphatic rings. The SMILES string of the molecule is CN1CC(c2ccccn2)N(C(C)(C)C)CC1c1ccccn1. The molecule has 2 aromatic rings. The Morgan fingerprint density at radius 2 is 1.43 bits per heavy atom. The van der Waals surface area contributed by atoms with Gasteiger partial charge in [-0.15, -0.1) is 0 Å². The number of hydrogen-bond donors (Lipinski definition) is 0. The van der Waals surface area contributed by atoms with Crippen molar-refractivity contribution in [2.75, 3.05) is 20.1 Å². The largest absolute Gasteiger partial charge is 0.295 e. The van der Waals surface area contributed by atoms with E-state index in [2.05, 4.69) is 71.9 Å². The molecule has 0 amide bonds. The third-order valence-electron chi connectivity index (χ3n) is 4.66. The van der Waals surface area contributed by atoms with Gasteiger partial charge in [-0.1, -0.05) is 12.1 Å². The quantitative estimate of drug-likeness (QED) is 0.852. The summed E-state index contributed by atoms with van der Waals surface area (Å²) in [4.78, 5) is 14.2. The monoisotopic (exact) mass is 310 g/mol. The summed E-state index contributed by atoms with van der Waals surface area (Å²) in [5.41, 5.74) is 2.37. The number of likely N-dealkylation sites (N-methyl/N-ethyl adjacent to an activating group) is 1. The third kappa shape index (κ3) is 3.43. The first-order valence-corrected chi connectivity index (χ1v) is 8.25. The second-order valence-corrected chi connectivity index (χ2v) is 7.30. The van der Waals surface area contributed by atoms with Gasteiger partial charge in [0, 0.05) is 31.0 Å². The van der Waals surface area contributed by atoms with Crippen LogP contribution in [-0.4, -0.2) is 45.4 Å². The van der Waals surface area contributed by atoms with E-state index in [4.69, 9.17) is 0 Å². The molecule has 4 nitrogen and oxygen atoms in total. The summed E-state index contributed by atoms with van der Waals surface area (Å²) in [7, 11) is 2.19. The lowest BCUT2D eigenvalue weighted by atomic mass is 9.94. The zero-order valence-corrected chi connectivity index (χ0v) is 14.5. The summed E-state index contributed by atoms with van der Waals surface area (Å²) in [6.07, 6.45) is 3.77. The van der Waals surface area contributed by atoms with Crippen LogP contribution in [0.5, 0.6) is 0 Å². The van der Waals surface area contributed by atoms with Crippen molar-refractivity contribution in [2.45, 2.75) is 38.4 Å². The molecule has 1 saturated heterocycles. The van der Waals surface area contributed by atoms with E-state index in [-0.39, 0.29) is 5.54 Å². The molecule has 0 spiro atoms. The molecule has 2 aromatic heterocycles. The molecule has 0 aliphatic carbocycles. The molecule has 3 heterocycles. The van der Waals surface area contributed by atoms with Crippen molar-refractivity contribution in [3.8, 4) is 0 Å². The first-order chi connectivity index (χ1) is 11.0. The fourth-order valence-corrected chi connectivity index (χ4v) is 3.41. The number of rotatable bonds is 2. The van der Waals surface area contributed by atoms with Gasteiger partial charge in [-0.05, 0) is 52.1 Å². The summed E-state index contributed by atoms with van der Waals surface area (Å²) in [6.45, 7) is 8.75. The van der Waals surface area contributed by atoms with Gasteiger partial charge in [0.25, 0.3) is 0 Å². The summed E-state index contributed by atoms with van der Waals surface area (Å²) < 4.78 is 0. The van der Waals surface area contributed by atoms with Gasteiger partial charge in [0.15, 0.2) is 0 Å². The lowest BCUT2D eigenvalue weighted by molar-refractivity contribution is -0.0178. The van der Waals surface area contributed by atoms with Gasteiger partial charge < -0.3 is 0 Å². The highest BCUT2D eigenvalue weighted by Crippen LogP contribution is 2.36. The van der Waals surface area contributed by atoms with Crippen LogP contribution in [0.15, 0.2) is 48.8 Å². The average molecular weight is 310 g/mol. The predicted octanol–water partition coefficient (Wildman–Crippen LogP) is 3.30. The van der Waals surface area contributed by atoms with Gasteiger partial charge in [-0.3, -0.25) is 19.8 Å². The molecule has 0 radical (unpaired) electrons. The van der Waals surface area contributed by atoms with E-state index < -0.39 is 0 Å². The van der Waals surface area contributed by atoms with Gasteiger partial charge in [-0.25, -0.2) is 0 Å². The standard InChI is InChI=1S/C19H26N4/c1-19(2,3)23-14-17(15-9-5-7-11-20-15)22(4)13-18(23)16-10-6-8-12-21-16/h5-12,17-18H,13-14H2,1-4H3. The summed E-state index contributed by atoms with van der Waals surface area (Å²) >= 11 is 0. The number of piperazine rings is 1. The van der Waals surface area contributed by atoms with E-state index in [1.54, 1.807) is 0 Å². The van der Waals surface area contributed by atoms with E-state index in [9.17, 15) is 0 Å². The minimum absolute atomic E-state index is 0.0798. The Balaban J connectivity index is 1.93. The van der Waals surface area contributed by atoms with Crippen LogP contribution in [0.25, 0.3) is 0 Å². The Hall–Kier alpha value is -1.78. The highest BCUT2D eigenvalue weighted by atomic mass is 15.3. The van der Waals surface area contributed by atoms with Crippen molar-refractivity contribution in [3.05, 3.63) is 60.2 Å². The van der Waals surface area contributed by atoms with Gasteiger partial charge in [0.2, 0.25) is 0 Å². The van der Waals surface area contributed by atoms with Crippen LogP contribution in [0, 0.1) is 0 Å². The van der Waals surface area contributed by atoms with Crippen LogP contribution >= 0.6 is 0 Å². The Morgan fingerprint density at radius 1 is 0.870 bits per heavy atom. The Kier molecular flexibility index (Phi) is 4.46. The molecule has 23 heavy (non-hydrogen) atoms. The zero-order valence-electron chi connectivity index (χ0n) is 14.5. The molecule has 2 atom stereocenters. The maximum Gasteiger partial charge on any atom is 0.0654 e. The van der Waals surface area contributed by atoms with E-state index >= 15 is 0 Å². The van der Waals surface area contributed by atoms with Gasteiger partial charge >= 0.3 is 0 Å². The lowest BCUT2D eigenvalue weighted by Crippen LogP contribution is -2.55. The molecule has 4 heteroatoms. The van der Waals surface area contributed by atoms with Gasteiger partial charge in [0.05, 0.1) is 23.5 Å². The van der Waals surface area contributed by atoms with Crippen molar-refractivity contribution in [3.63, 3.8) is 0 Å².